The quantitative estimate of drug-likeness (QED) is 0.729. The molecule has 4 N–H and O–H groups in total. The highest BCUT2D eigenvalue weighted by molar-refractivity contribution is 5.86. The smallest absolute Gasteiger partial charge is 0.412 e. The molecule has 1 aliphatic carbocycles. The van der Waals surface area contributed by atoms with E-state index in [4.69, 9.17) is 10.5 Å². The van der Waals surface area contributed by atoms with E-state index in [0.717, 1.165) is 31.2 Å². The molecule has 5 heteroatoms. The molecule has 0 bridgehead atoms. The number of benzene rings is 1. The molecule has 0 spiro atoms. The number of phenolic OH excluding ortho intramolecular Hbond substituents is 1. The Morgan fingerprint density at radius 1 is 1.33 bits per heavy atom. The molecule has 116 valence electrons. The molecule has 0 atom stereocenters. The number of hydrogen-bond donors (Lipinski definition) is 3. The lowest BCUT2D eigenvalue weighted by Crippen LogP contribution is -2.35. The molecule has 1 saturated carbocycles. The number of carbonyl (C=O) groups is 1. The third kappa shape index (κ3) is 3.88. The molecule has 1 aromatic carbocycles. The van der Waals surface area contributed by atoms with Crippen LogP contribution in [0, 0.1) is 0 Å². The summed E-state index contributed by atoms with van der Waals surface area (Å²) in [5.74, 6) is 0.150. The van der Waals surface area contributed by atoms with E-state index in [1.165, 1.54) is 6.07 Å². The SMILES string of the molecule is CC(C)(C)OC(=O)Nc1ccc(O)cc1C1(N)CCCC1. The van der Waals surface area contributed by atoms with Gasteiger partial charge < -0.3 is 15.6 Å². The van der Waals surface area contributed by atoms with Crippen molar-refractivity contribution in [3.05, 3.63) is 23.8 Å². The van der Waals surface area contributed by atoms with Crippen LogP contribution >= 0.6 is 0 Å². The van der Waals surface area contributed by atoms with Crippen LogP contribution in [0.1, 0.15) is 52.0 Å². The summed E-state index contributed by atoms with van der Waals surface area (Å²) in [6.45, 7) is 5.43. The minimum Gasteiger partial charge on any atom is -0.508 e. The minimum absolute atomic E-state index is 0.150. The number of anilines is 1. The lowest BCUT2D eigenvalue weighted by molar-refractivity contribution is 0.0635. The number of aromatic hydroxyl groups is 1. The molecule has 5 nitrogen and oxygen atoms in total. The number of nitrogens with two attached hydrogens (primary N) is 1. The second-order valence-corrected chi connectivity index (χ2v) is 6.72. The maximum Gasteiger partial charge on any atom is 0.412 e. The van der Waals surface area contributed by atoms with E-state index in [2.05, 4.69) is 5.32 Å². The van der Waals surface area contributed by atoms with E-state index in [-0.39, 0.29) is 5.75 Å². The van der Waals surface area contributed by atoms with Crippen molar-refractivity contribution in [2.75, 3.05) is 5.32 Å². The van der Waals surface area contributed by atoms with Gasteiger partial charge in [-0.05, 0) is 57.4 Å². The summed E-state index contributed by atoms with van der Waals surface area (Å²) in [7, 11) is 0. The van der Waals surface area contributed by atoms with Crippen LogP contribution in [-0.4, -0.2) is 16.8 Å². The second-order valence-electron chi connectivity index (χ2n) is 6.72. The van der Waals surface area contributed by atoms with Crippen LogP contribution in [0.3, 0.4) is 0 Å². The molecule has 0 aromatic heterocycles. The average molecular weight is 292 g/mol. The molecule has 0 aliphatic heterocycles. The van der Waals surface area contributed by atoms with Gasteiger partial charge in [-0.1, -0.05) is 12.8 Å². The van der Waals surface area contributed by atoms with Gasteiger partial charge in [0.2, 0.25) is 0 Å². The van der Waals surface area contributed by atoms with Gasteiger partial charge in [-0.15, -0.1) is 0 Å². The van der Waals surface area contributed by atoms with Crippen LogP contribution < -0.4 is 11.1 Å². The molecule has 21 heavy (non-hydrogen) atoms. The Morgan fingerprint density at radius 2 is 1.95 bits per heavy atom. The second kappa shape index (κ2) is 5.56. The molecule has 1 aromatic rings. The van der Waals surface area contributed by atoms with Gasteiger partial charge >= 0.3 is 6.09 Å². The molecule has 0 saturated heterocycles. The van der Waals surface area contributed by atoms with Crippen LogP contribution in [0.2, 0.25) is 0 Å². The predicted molar refractivity (Wildman–Crippen MR) is 82.3 cm³/mol. The summed E-state index contributed by atoms with van der Waals surface area (Å²) in [5.41, 5.74) is 6.76. The Hall–Kier alpha value is -1.75. The largest absolute Gasteiger partial charge is 0.508 e. The molecule has 0 unspecified atom stereocenters. The summed E-state index contributed by atoms with van der Waals surface area (Å²) in [6, 6.07) is 4.84. The first-order valence-electron chi connectivity index (χ1n) is 7.32. The third-order valence-electron chi connectivity index (χ3n) is 3.67. The van der Waals surface area contributed by atoms with Crippen LogP contribution in [-0.2, 0) is 10.3 Å². The van der Waals surface area contributed by atoms with E-state index in [9.17, 15) is 9.90 Å². The Kier molecular flexibility index (Phi) is 4.14. The maximum absolute atomic E-state index is 11.9. The van der Waals surface area contributed by atoms with Gasteiger partial charge in [-0.2, -0.15) is 0 Å². The Labute approximate surface area is 125 Å². The monoisotopic (exact) mass is 292 g/mol. The average Bonchev–Trinajstić information content (AvgIpc) is 2.77. The van der Waals surface area contributed by atoms with E-state index in [0.29, 0.717) is 5.69 Å². The van der Waals surface area contributed by atoms with Gasteiger partial charge in [-0.3, -0.25) is 5.32 Å². The summed E-state index contributed by atoms with van der Waals surface area (Å²) < 4.78 is 5.27. The first-order chi connectivity index (χ1) is 9.70. The van der Waals surface area contributed by atoms with E-state index < -0.39 is 17.2 Å². The highest BCUT2D eigenvalue weighted by Gasteiger charge is 2.34. The maximum atomic E-state index is 11.9. The molecule has 2 rings (SSSR count). The van der Waals surface area contributed by atoms with Crippen molar-refractivity contribution >= 4 is 11.8 Å². The zero-order valence-electron chi connectivity index (χ0n) is 12.9. The van der Waals surface area contributed by atoms with Crippen molar-refractivity contribution in [1.29, 1.82) is 0 Å². The fraction of sp³-hybridized carbons (Fsp3) is 0.562. The zero-order chi connectivity index (χ0) is 15.7. The molecule has 1 fully saturated rings. The van der Waals surface area contributed by atoms with Crippen molar-refractivity contribution in [2.24, 2.45) is 5.73 Å². The highest BCUT2D eigenvalue weighted by Crippen LogP contribution is 2.41. The van der Waals surface area contributed by atoms with Crippen molar-refractivity contribution in [2.45, 2.75) is 57.6 Å². The van der Waals surface area contributed by atoms with Crippen LogP contribution in [0.15, 0.2) is 18.2 Å². The number of carbonyl (C=O) groups excluding carboxylic acids is 1. The summed E-state index contributed by atoms with van der Waals surface area (Å²) in [6.07, 6.45) is 3.28. The van der Waals surface area contributed by atoms with Crippen molar-refractivity contribution < 1.29 is 14.6 Å². The van der Waals surface area contributed by atoms with Crippen LogP contribution in [0.25, 0.3) is 0 Å². The molecular weight excluding hydrogens is 268 g/mol. The van der Waals surface area contributed by atoms with E-state index >= 15 is 0 Å². The Bertz CT molecular complexity index is 529. The zero-order valence-corrected chi connectivity index (χ0v) is 12.9. The van der Waals surface area contributed by atoms with Gasteiger partial charge in [-0.25, -0.2) is 4.79 Å². The summed E-state index contributed by atoms with van der Waals surface area (Å²) in [5, 5.41) is 12.5. The standard InChI is InChI=1S/C16H24N2O3/c1-15(2,3)21-14(20)18-13-7-6-11(19)10-12(13)16(17)8-4-5-9-16/h6-7,10,19H,4-5,8-9,17H2,1-3H3,(H,18,20). The van der Waals surface area contributed by atoms with Gasteiger partial charge in [0.15, 0.2) is 0 Å². The lowest BCUT2D eigenvalue weighted by atomic mass is 9.88. The topological polar surface area (TPSA) is 84.6 Å². The normalized spacial score (nSPS) is 17.5. The molecule has 0 heterocycles. The number of rotatable bonds is 2. The molecule has 0 radical (unpaired) electrons. The highest BCUT2D eigenvalue weighted by atomic mass is 16.6. The van der Waals surface area contributed by atoms with E-state index in [1.54, 1.807) is 12.1 Å². The van der Waals surface area contributed by atoms with Gasteiger partial charge in [0.25, 0.3) is 0 Å². The molecule has 1 amide bonds. The lowest BCUT2D eigenvalue weighted by Gasteiger charge is -2.28. The number of ether oxygens (including phenoxy) is 1. The van der Waals surface area contributed by atoms with Crippen LogP contribution in [0.4, 0.5) is 10.5 Å². The number of hydrogen-bond acceptors (Lipinski definition) is 4. The third-order valence-corrected chi connectivity index (χ3v) is 3.67. The number of phenols is 1. The first-order valence-corrected chi connectivity index (χ1v) is 7.32. The first kappa shape index (κ1) is 15.6. The minimum atomic E-state index is -0.561. The van der Waals surface area contributed by atoms with Gasteiger partial charge in [0.05, 0.1) is 0 Å². The van der Waals surface area contributed by atoms with Gasteiger partial charge in [0.1, 0.15) is 11.4 Å². The summed E-state index contributed by atoms with van der Waals surface area (Å²) in [4.78, 5) is 11.9. The van der Waals surface area contributed by atoms with Crippen molar-refractivity contribution in [3.63, 3.8) is 0 Å². The number of amides is 1. The van der Waals surface area contributed by atoms with E-state index in [1.807, 2.05) is 20.8 Å². The fourth-order valence-electron chi connectivity index (χ4n) is 2.74. The summed E-state index contributed by atoms with van der Waals surface area (Å²) >= 11 is 0. The Morgan fingerprint density at radius 3 is 2.52 bits per heavy atom. The molecule has 1 aliphatic rings. The fourth-order valence-corrected chi connectivity index (χ4v) is 2.74. The van der Waals surface area contributed by atoms with Gasteiger partial charge in [0, 0.05) is 11.2 Å². The van der Waals surface area contributed by atoms with Crippen LogP contribution in [0.5, 0.6) is 5.75 Å². The molecular formula is C16H24N2O3. The Balaban J connectivity index is 2.25. The van der Waals surface area contributed by atoms with Crippen molar-refractivity contribution in [1.82, 2.24) is 0 Å². The predicted octanol–water partition coefficient (Wildman–Crippen LogP) is 3.47. The number of nitrogens with one attached hydrogen (secondary N) is 1. The van der Waals surface area contributed by atoms with Crippen molar-refractivity contribution in [3.8, 4) is 5.75 Å².